The second-order valence-corrected chi connectivity index (χ2v) is 10.4. The van der Waals surface area contributed by atoms with Crippen LogP contribution in [0, 0.1) is 11.3 Å². The summed E-state index contributed by atoms with van der Waals surface area (Å²) in [6, 6.07) is 25.4. The zero-order valence-electron chi connectivity index (χ0n) is 19.5. The Morgan fingerprint density at radius 2 is 1.23 bits per heavy atom. The van der Waals surface area contributed by atoms with E-state index in [1.165, 1.54) is 5.56 Å². The maximum absolute atomic E-state index is 11.1. The molecule has 31 heavy (non-hydrogen) atoms. The van der Waals surface area contributed by atoms with Gasteiger partial charge in [-0.15, -0.1) is 0 Å². The minimum Gasteiger partial charge on any atom is -0.507 e. The molecule has 1 atom stereocenters. The van der Waals surface area contributed by atoms with Crippen molar-refractivity contribution in [3.63, 3.8) is 0 Å². The topological polar surface area (TPSA) is 44.0 Å². The molecule has 160 valence electrons. The second-order valence-electron chi connectivity index (χ2n) is 10.4. The van der Waals surface area contributed by atoms with E-state index in [9.17, 15) is 10.4 Å². The molecule has 3 aromatic carbocycles. The van der Waals surface area contributed by atoms with Gasteiger partial charge in [-0.2, -0.15) is 5.26 Å². The normalized spacial score (nSPS) is 12.9. The lowest BCUT2D eigenvalue weighted by Gasteiger charge is -2.29. The summed E-state index contributed by atoms with van der Waals surface area (Å²) in [4.78, 5) is 0. The van der Waals surface area contributed by atoms with E-state index in [2.05, 4.69) is 96.1 Å². The van der Waals surface area contributed by atoms with Gasteiger partial charge in [-0.05, 0) is 44.2 Å². The van der Waals surface area contributed by atoms with Crippen molar-refractivity contribution in [2.45, 2.75) is 64.7 Å². The van der Waals surface area contributed by atoms with Crippen molar-refractivity contribution in [1.82, 2.24) is 0 Å². The van der Waals surface area contributed by atoms with Crippen molar-refractivity contribution >= 4 is 0 Å². The quantitative estimate of drug-likeness (QED) is 0.478. The van der Waals surface area contributed by atoms with Crippen LogP contribution < -0.4 is 0 Å². The number of phenolic OH excluding ortho intramolecular Hbond substituents is 1. The highest BCUT2D eigenvalue weighted by atomic mass is 16.3. The molecule has 1 N–H and O–H groups in total. The number of benzene rings is 3. The van der Waals surface area contributed by atoms with E-state index in [0.29, 0.717) is 12.2 Å². The van der Waals surface area contributed by atoms with E-state index >= 15 is 0 Å². The van der Waals surface area contributed by atoms with Gasteiger partial charge in [0, 0.05) is 12.3 Å². The summed E-state index contributed by atoms with van der Waals surface area (Å²) >= 11 is 0. The minimum atomic E-state index is -0.200. The van der Waals surface area contributed by atoms with Gasteiger partial charge in [0.2, 0.25) is 0 Å². The van der Waals surface area contributed by atoms with Crippen molar-refractivity contribution in [2.24, 2.45) is 0 Å². The molecule has 0 amide bonds. The van der Waals surface area contributed by atoms with Crippen LogP contribution in [0.25, 0.3) is 11.1 Å². The van der Waals surface area contributed by atoms with Gasteiger partial charge in [0.15, 0.2) is 0 Å². The third-order valence-corrected chi connectivity index (χ3v) is 5.87. The lowest BCUT2D eigenvalue weighted by atomic mass is 9.76. The van der Waals surface area contributed by atoms with Gasteiger partial charge >= 0.3 is 0 Å². The zero-order valence-corrected chi connectivity index (χ0v) is 19.5. The molecular weight excluding hydrogens is 378 g/mol. The van der Waals surface area contributed by atoms with Gasteiger partial charge < -0.3 is 5.11 Å². The van der Waals surface area contributed by atoms with Gasteiger partial charge in [0.1, 0.15) is 5.75 Å². The molecule has 0 saturated carbocycles. The number of hydrogen-bond acceptors (Lipinski definition) is 2. The smallest absolute Gasteiger partial charge is 0.123 e. The molecule has 0 heterocycles. The van der Waals surface area contributed by atoms with E-state index in [4.69, 9.17) is 0 Å². The molecule has 3 aromatic rings. The average Bonchev–Trinajstić information content (AvgIpc) is 2.71. The number of phenols is 1. The van der Waals surface area contributed by atoms with Crippen LogP contribution in [0.3, 0.4) is 0 Å². The molecule has 2 nitrogen and oxygen atoms in total. The van der Waals surface area contributed by atoms with Crippen LogP contribution >= 0.6 is 0 Å². The molecule has 0 aliphatic carbocycles. The number of hydrogen-bond donors (Lipinski definition) is 1. The Morgan fingerprint density at radius 1 is 0.742 bits per heavy atom. The zero-order chi connectivity index (χ0) is 22.8. The van der Waals surface area contributed by atoms with E-state index in [-0.39, 0.29) is 16.7 Å². The standard InChI is InChI=1S/C29H33NO/c1-28(2,3)25-18-23(19-26(27(25)31)29(4,5)6)24(16-17-30)22-14-12-21(13-15-22)20-10-8-7-9-11-20/h7-15,18-19,24,31H,16H2,1-6H3. The average molecular weight is 412 g/mol. The number of rotatable bonds is 4. The van der Waals surface area contributed by atoms with Crippen LogP contribution in [0.15, 0.2) is 66.7 Å². The minimum absolute atomic E-state index is 0.0439. The molecule has 0 fully saturated rings. The second kappa shape index (κ2) is 8.60. The molecule has 1 unspecified atom stereocenters. The fourth-order valence-electron chi connectivity index (χ4n) is 4.06. The van der Waals surface area contributed by atoms with Crippen LogP contribution in [0.2, 0.25) is 0 Å². The van der Waals surface area contributed by atoms with E-state index < -0.39 is 0 Å². The Balaban J connectivity index is 2.12. The summed E-state index contributed by atoms with van der Waals surface area (Å²) in [6.07, 6.45) is 0.391. The SMILES string of the molecule is CC(C)(C)c1cc(C(CC#N)c2ccc(-c3ccccc3)cc2)cc(C(C)(C)C)c1O. The molecule has 0 saturated heterocycles. The first-order valence-electron chi connectivity index (χ1n) is 10.9. The molecule has 3 rings (SSSR count). The molecular formula is C29H33NO. The van der Waals surface area contributed by atoms with E-state index in [1.807, 2.05) is 18.2 Å². The highest BCUT2D eigenvalue weighted by molar-refractivity contribution is 5.64. The summed E-state index contributed by atoms with van der Waals surface area (Å²) in [5, 5.41) is 20.7. The van der Waals surface area contributed by atoms with E-state index in [0.717, 1.165) is 27.8 Å². The van der Waals surface area contributed by atoms with Crippen molar-refractivity contribution in [2.75, 3.05) is 0 Å². The molecule has 0 bridgehead atoms. The first kappa shape index (κ1) is 22.6. The predicted molar refractivity (Wildman–Crippen MR) is 129 cm³/mol. The molecule has 0 spiro atoms. The van der Waals surface area contributed by atoms with E-state index in [1.54, 1.807) is 0 Å². The molecule has 0 radical (unpaired) electrons. The van der Waals surface area contributed by atoms with Gasteiger partial charge in [0.25, 0.3) is 0 Å². The third-order valence-electron chi connectivity index (χ3n) is 5.87. The number of nitriles is 1. The Labute approximate surface area is 187 Å². The van der Waals surface area contributed by atoms with Crippen molar-refractivity contribution < 1.29 is 5.11 Å². The largest absolute Gasteiger partial charge is 0.507 e. The van der Waals surface area contributed by atoms with Gasteiger partial charge in [-0.1, -0.05) is 108 Å². The van der Waals surface area contributed by atoms with Gasteiger partial charge in [-0.25, -0.2) is 0 Å². The molecule has 2 heteroatoms. The van der Waals surface area contributed by atoms with Crippen LogP contribution in [0.1, 0.15) is 76.1 Å². The lowest BCUT2D eigenvalue weighted by Crippen LogP contribution is -2.18. The van der Waals surface area contributed by atoms with Crippen molar-refractivity contribution in [1.29, 1.82) is 5.26 Å². The van der Waals surface area contributed by atoms with Crippen LogP contribution in [-0.2, 0) is 10.8 Å². The van der Waals surface area contributed by atoms with Crippen LogP contribution in [-0.4, -0.2) is 5.11 Å². The summed E-state index contributed by atoms with van der Waals surface area (Å²) in [5.41, 5.74) is 6.01. The lowest BCUT2D eigenvalue weighted by molar-refractivity contribution is 0.422. The van der Waals surface area contributed by atoms with Crippen LogP contribution in [0.5, 0.6) is 5.75 Å². The fourth-order valence-corrected chi connectivity index (χ4v) is 4.06. The first-order valence-corrected chi connectivity index (χ1v) is 10.9. The monoisotopic (exact) mass is 411 g/mol. The Morgan fingerprint density at radius 3 is 1.68 bits per heavy atom. The number of nitrogens with zero attached hydrogens (tertiary/aromatic N) is 1. The maximum Gasteiger partial charge on any atom is 0.123 e. The van der Waals surface area contributed by atoms with Crippen LogP contribution in [0.4, 0.5) is 0 Å². The Bertz CT molecular complexity index is 1040. The summed E-state index contributed by atoms with van der Waals surface area (Å²) in [6.45, 7) is 12.7. The third kappa shape index (κ3) is 5.00. The highest BCUT2D eigenvalue weighted by Crippen LogP contribution is 2.42. The molecule has 0 aliphatic rings. The summed E-state index contributed by atoms with van der Waals surface area (Å²) in [5.74, 6) is 0.330. The van der Waals surface area contributed by atoms with Gasteiger partial charge in [-0.3, -0.25) is 0 Å². The predicted octanol–water partition coefficient (Wildman–Crippen LogP) is 7.70. The Hall–Kier alpha value is -3.05. The Kier molecular flexibility index (Phi) is 6.27. The molecule has 0 aromatic heterocycles. The number of aromatic hydroxyl groups is 1. The first-order chi connectivity index (χ1) is 14.5. The van der Waals surface area contributed by atoms with Crippen molar-refractivity contribution in [3.05, 3.63) is 89.0 Å². The van der Waals surface area contributed by atoms with Crippen molar-refractivity contribution in [3.8, 4) is 22.9 Å². The summed E-state index contributed by atoms with van der Waals surface area (Å²) in [7, 11) is 0. The fraction of sp³-hybridized carbons (Fsp3) is 0.345. The highest BCUT2D eigenvalue weighted by Gasteiger charge is 2.28. The molecule has 0 aliphatic heterocycles. The summed E-state index contributed by atoms with van der Waals surface area (Å²) < 4.78 is 0. The maximum atomic E-state index is 11.1. The van der Waals surface area contributed by atoms with Gasteiger partial charge in [0.05, 0.1) is 6.07 Å².